The van der Waals surface area contributed by atoms with E-state index in [0.29, 0.717) is 29.7 Å². The van der Waals surface area contributed by atoms with Gasteiger partial charge in [-0.2, -0.15) is 0 Å². The highest BCUT2D eigenvalue weighted by Gasteiger charge is 2.35. The molecule has 0 bridgehead atoms. The molecule has 0 aliphatic carbocycles. The number of hydrogen-bond donors (Lipinski definition) is 1. The summed E-state index contributed by atoms with van der Waals surface area (Å²) < 4.78 is 2.96. The quantitative estimate of drug-likeness (QED) is 0.719. The molecule has 1 saturated heterocycles. The second-order valence-electron chi connectivity index (χ2n) is 6.60. The molecule has 9 heteroatoms. The number of rotatable bonds is 4. The van der Waals surface area contributed by atoms with Gasteiger partial charge < -0.3 is 10.0 Å². The molecule has 1 N–H and O–H groups in total. The minimum absolute atomic E-state index is 0.135. The Kier molecular flexibility index (Phi) is 4.44. The number of hydrogen-bond acceptors (Lipinski definition) is 6. The number of carbonyl (C=O) groups is 1. The van der Waals surface area contributed by atoms with Gasteiger partial charge in [0.05, 0.1) is 36.3 Å². The van der Waals surface area contributed by atoms with Gasteiger partial charge in [-0.1, -0.05) is 17.3 Å². The Hall–Kier alpha value is -3.07. The monoisotopic (exact) mass is 368 g/mol. The van der Waals surface area contributed by atoms with Crippen molar-refractivity contribution in [3.05, 3.63) is 52.3 Å². The number of para-hydroxylation sites is 1. The zero-order valence-electron chi connectivity index (χ0n) is 14.9. The van der Waals surface area contributed by atoms with Crippen molar-refractivity contribution >= 4 is 16.8 Å². The zero-order chi connectivity index (χ0) is 19.0. The van der Waals surface area contributed by atoms with E-state index >= 15 is 0 Å². The van der Waals surface area contributed by atoms with Gasteiger partial charge in [0, 0.05) is 13.6 Å². The third-order valence-electron chi connectivity index (χ3n) is 4.85. The molecule has 9 nitrogen and oxygen atoms in total. The highest BCUT2D eigenvalue weighted by Crippen LogP contribution is 2.32. The number of likely N-dealkylation sites (tertiary alicyclic amines) is 1. The van der Waals surface area contributed by atoms with Crippen molar-refractivity contribution in [3.63, 3.8) is 0 Å². The smallest absolute Gasteiger partial charge is 0.276 e. The van der Waals surface area contributed by atoms with Crippen molar-refractivity contribution in [2.24, 2.45) is 7.05 Å². The molecule has 1 atom stereocenters. The van der Waals surface area contributed by atoms with E-state index < -0.39 is 0 Å². The summed E-state index contributed by atoms with van der Waals surface area (Å²) in [5, 5.41) is 17.7. The molecule has 1 aromatic carbocycles. The molecule has 27 heavy (non-hydrogen) atoms. The first-order valence-electron chi connectivity index (χ1n) is 8.88. The van der Waals surface area contributed by atoms with Crippen molar-refractivity contribution in [2.45, 2.75) is 25.4 Å². The molecule has 0 spiro atoms. The molecule has 140 valence electrons. The minimum atomic E-state index is -0.344. The van der Waals surface area contributed by atoms with E-state index in [0.717, 1.165) is 6.42 Å². The van der Waals surface area contributed by atoms with Crippen LogP contribution in [0, 0.1) is 0 Å². The van der Waals surface area contributed by atoms with Crippen molar-refractivity contribution < 1.29 is 9.90 Å². The van der Waals surface area contributed by atoms with Crippen LogP contribution in [0.25, 0.3) is 10.9 Å². The normalized spacial score (nSPS) is 17.0. The minimum Gasteiger partial charge on any atom is -0.395 e. The number of aliphatic hydroxyl groups is 1. The SMILES string of the molecule is Cn1cc(C(=O)N2CCCC2c2nc3ccccc3c(=O)n2CCO)nn1. The first-order chi connectivity index (χ1) is 13.1. The van der Waals surface area contributed by atoms with Crippen molar-refractivity contribution in [3.8, 4) is 0 Å². The van der Waals surface area contributed by atoms with Gasteiger partial charge in [-0.15, -0.1) is 5.10 Å². The summed E-state index contributed by atoms with van der Waals surface area (Å²) in [4.78, 5) is 32.2. The fourth-order valence-electron chi connectivity index (χ4n) is 3.63. The second-order valence-corrected chi connectivity index (χ2v) is 6.60. The number of aromatic nitrogens is 5. The maximum absolute atomic E-state index is 12.9. The highest BCUT2D eigenvalue weighted by atomic mass is 16.3. The molecule has 4 rings (SSSR count). The summed E-state index contributed by atoms with van der Waals surface area (Å²) in [7, 11) is 1.70. The number of benzene rings is 1. The molecular formula is C18H20N6O3. The Morgan fingerprint density at radius 2 is 2.15 bits per heavy atom. The highest BCUT2D eigenvalue weighted by molar-refractivity contribution is 5.92. The summed E-state index contributed by atoms with van der Waals surface area (Å²) >= 11 is 0. The number of carbonyl (C=O) groups excluding carboxylic acids is 1. The number of aliphatic hydroxyl groups excluding tert-OH is 1. The predicted molar refractivity (Wildman–Crippen MR) is 97.1 cm³/mol. The molecule has 3 aromatic rings. The van der Waals surface area contributed by atoms with Crippen molar-refractivity contribution in [1.29, 1.82) is 0 Å². The maximum Gasteiger partial charge on any atom is 0.276 e. The third-order valence-corrected chi connectivity index (χ3v) is 4.85. The number of amides is 1. The number of fused-ring (bicyclic) bond motifs is 1. The van der Waals surface area contributed by atoms with Gasteiger partial charge in [0.1, 0.15) is 5.82 Å². The lowest BCUT2D eigenvalue weighted by atomic mass is 10.1. The van der Waals surface area contributed by atoms with Crippen LogP contribution in [0.3, 0.4) is 0 Å². The fourth-order valence-corrected chi connectivity index (χ4v) is 3.63. The van der Waals surface area contributed by atoms with E-state index in [4.69, 9.17) is 0 Å². The molecule has 1 amide bonds. The van der Waals surface area contributed by atoms with Gasteiger partial charge in [-0.05, 0) is 25.0 Å². The van der Waals surface area contributed by atoms with E-state index in [-0.39, 0.29) is 36.4 Å². The van der Waals surface area contributed by atoms with Crippen LogP contribution in [-0.4, -0.2) is 53.6 Å². The molecule has 3 heterocycles. The molecule has 0 saturated carbocycles. The Morgan fingerprint density at radius 3 is 2.89 bits per heavy atom. The summed E-state index contributed by atoms with van der Waals surface area (Å²) in [6, 6.07) is 6.77. The Labute approximate surface area is 154 Å². The average molecular weight is 368 g/mol. The summed E-state index contributed by atoms with van der Waals surface area (Å²) in [5.74, 6) is 0.269. The lowest BCUT2D eigenvalue weighted by molar-refractivity contribution is 0.0719. The van der Waals surface area contributed by atoms with Gasteiger partial charge >= 0.3 is 0 Å². The van der Waals surface area contributed by atoms with E-state index in [9.17, 15) is 14.7 Å². The van der Waals surface area contributed by atoms with Crippen LogP contribution in [0.5, 0.6) is 0 Å². The van der Waals surface area contributed by atoms with Crippen LogP contribution >= 0.6 is 0 Å². The third kappa shape index (κ3) is 2.99. The largest absolute Gasteiger partial charge is 0.395 e. The van der Waals surface area contributed by atoms with Crippen molar-refractivity contribution in [2.75, 3.05) is 13.2 Å². The van der Waals surface area contributed by atoms with Gasteiger partial charge in [-0.25, -0.2) is 4.98 Å². The first kappa shape index (κ1) is 17.3. The Morgan fingerprint density at radius 1 is 1.33 bits per heavy atom. The molecular weight excluding hydrogens is 348 g/mol. The van der Waals surface area contributed by atoms with Crippen LogP contribution in [-0.2, 0) is 13.6 Å². The standard InChI is InChI=1S/C18H20N6O3/c1-22-11-14(20-21-22)18(27)23-8-4-7-15(23)16-19-13-6-3-2-5-12(13)17(26)24(16)9-10-25/h2-3,5-6,11,15,25H,4,7-10H2,1H3. The second kappa shape index (κ2) is 6.92. The van der Waals surface area contributed by atoms with Gasteiger partial charge in [-0.3, -0.25) is 18.8 Å². The summed E-state index contributed by atoms with van der Waals surface area (Å²) in [6.07, 6.45) is 3.08. The van der Waals surface area contributed by atoms with Gasteiger partial charge in [0.2, 0.25) is 0 Å². The topological polar surface area (TPSA) is 106 Å². The summed E-state index contributed by atoms with van der Waals surface area (Å²) in [6.45, 7) is 0.509. The van der Waals surface area contributed by atoms with Gasteiger partial charge in [0.25, 0.3) is 11.5 Å². The zero-order valence-corrected chi connectivity index (χ0v) is 14.9. The van der Waals surface area contributed by atoms with Crippen LogP contribution < -0.4 is 5.56 Å². The Bertz CT molecular complexity index is 1060. The van der Waals surface area contributed by atoms with Crippen LogP contribution in [0.1, 0.15) is 35.2 Å². The molecule has 1 unspecified atom stereocenters. The Balaban J connectivity index is 1.81. The molecule has 1 fully saturated rings. The van der Waals surface area contributed by atoms with E-state index in [1.807, 2.05) is 6.07 Å². The molecule has 2 aromatic heterocycles. The van der Waals surface area contributed by atoms with E-state index in [1.54, 1.807) is 36.3 Å². The fraction of sp³-hybridized carbons (Fsp3) is 0.389. The van der Waals surface area contributed by atoms with Crippen LogP contribution in [0.4, 0.5) is 0 Å². The predicted octanol–water partition coefficient (Wildman–Crippen LogP) is 0.495. The molecule has 1 aliphatic heterocycles. The summed E-state index contributed by atoms with van der Waals surface area (Å²) in [5.41, 5.74) is 0.648. The van der Waals surface area contributed by atoms with Crippen molar-refractivity contribution in [1.82, 2.24) is 29.4 Å². The average Bonchev–Trinajstić information content (AvgIpc) is 3.32. The van der Waals surface area contributed by atoms with E-state index in [1.165, 1.54) is 9.25 Å². The number of nitrogens with zero attached hydrogens (tertiary/aromatic N) is 6. The molecule has 0 radical (unpaired) electrons. The lowest BCUT2D eigenvalue weighted by Crippen LogP contribution is -2.36. The van der Waals surface area contributed by atoms with Crippen LogP contribution in [0.15, 0.2) is 35.3 Å². The maximum atomic E-state index is 12.9. The first-order valence-corrected chi connectivity index (χ1v) is 8.88. The number of aryl methyl sites for hydroxylation is 1. The van der Waals surface area contributed by atoms with Crippen LogP contribution in [0.2, 0.25) is 0 Å². The van der Waals surface area contributed by atoms with E-state index in [2.05, 4.69) is 15.3 Å². The van der Waals surface area contributed by atoms with Gasteiger partial charge in [0.15, 0.2) is 5.69 Å². The molecule has 1 aliphatic rings. The lowest BCUT2D eigenvalue weighted by Gasteiger charge is -2.26.